The molecule has 0 unspecified atom stereocenters. The Hall–Kier alpha value is -3.89. The summed E-state index contributed by atoms with van der Waals surface area (Å²) in [5, 5.41) is 19.9. The van der Waals surface area contributed by atoms with Gasteiger partial charge in [-0.15, -0.1) is 0 Å². The van der Waals surface area contributed by atoms with E-state index in [2.05, 4.69) is 4.98 Å². The number of para-hydroxylation sites is 1. The molecular formula is C16H15N3O8. The average molecular weight is 377 g/mol. The number of aliphatic carboxylic acids is 1. The van der Waals surface area contributed by atoms with E-state index in [0.29, 0.717) is 12.2 Å². The van der Waals surface area contributed by atoms with Crippen molar-refractivity contribution < 1.29 is 24.3 Å². The molecule has 2 aromatic rings. The molecule has 0 fully saturated rings. The van der Waals surface area contributed by atoms with Crippen molar-refractivity contribution in [1.82, 2.24) is 9.97 Å². The standard InChI is InChI=1S/C16H15N3O8/c1-2-26-11-5-3-4-9(14(11)27-8-12(20)21)6-7-10-13(19(24)25)15(22)18-16(23)17-10/h3-7H,2,8H2,1H3,(H,20,21)(H2,17,18,22,23). The summed E-state index contributed by atoms with van der Waals surface area (Å²) in [6.07, 6.45) is 2.48. The number of hydrogen-bond donors (Lipinski definition) is 3. The van der Waals surface area contributed by atoms with Crippen LogP contribution in [0.2, 0.25) is 0 Å². The van der Waals surface area contributed by atoms with E-state index in [0.717, 1.165) is 6.08 Å². The van der Waals surface area contributed by atoms with E-state index in [4.69, 9.17) is 14.6 Å². The molecule has 0 saturated heterocycles. The molecular weight excluding hydrogens is 362 g/mol. The highest BCUT2D eigenvalue weighted by molar-refractivity contribution is 5.76. The number of rotatable bonds is 8. The van der Waals surface area contributed by atoms with Crippen LogP contribution in [0.25, 0.3) is 12.2 Å². The van der Waals surface area contributed by atoms with Crippen LogP contribution < -0.4 is 20.7 Å². The Morgan fingerprint density at radius 2 is 2.00 bits per heavy atom. The summed E-state index contributed by atoms with van der Waals surface area (Å²) in [7, 11) is 0. The maximum atomic E-state index is 11.6. The molecule has 0 aliphatic rings. The average Bonchev–Trinajstić information content (AvgIpc) is 2.58. The van der Waals surface area contributed by atoms with E-state index >= 15 is 0 Å². The lowest BCUT2D eigenvalue weighted by molar-refractivity contribution is -0.386. The predicted octanol–water partition coefficient (Wildman–Crippen LogP) is 1.00. The van der Waals surface area contributed by atoms with Crippen molar-refractivity contribution in [3.63, 3.8) is 0 Å². The maximum absolute atomic E-state index is 11.6. The number of ether oxygens (including phenoxy) is 2. The molecule has 0 amide bonds. The van der Waals surface area contributed by atoms with Crippen molar-refractivity contribution in [3.05, 3.63) is 60.4 Å². The first-order chi connectivity index (χ1) is 12.8. The highest BCUT2D eigenvalue weighted by Gasteiger charge is 2.19. The Balaban J connectivity index is 2.52. The Bertz CT molecular complexity index is 1010. The third kappa shape index (κ3) is 4.81. The number of carboxylic acid groups (broad SMARTS) is 1. The number of aromatic nitrogens is 2. The van der Waals surface area contributed by atoms with E-state index in [1.165, 1.54) is 6.08 Å². The molecule has 11 heteroatoms. The van der Waals surface area contributed by atoms with Crippen LogP contribution in [0.15, 0.2) is 27.8 Å². The van der Waals surface area contributed by atoms with Crippen LogP contribution in [0.1, 0.15) is 18.2 Å². The van der Waals surface area contributed by atoms with Gasteiger partial charge in [0.2, 0.25) is 0 Å². The van der Waals surface area contributed by atoms with E-state index in [1.54, 1.807) is 30.1 Å². The van der Waals surface area contributed by atoms with Crippen LogP contribution in [-0.2, 0) is 4.79 Å². The van der Waals surface area contributed by atoms with Crippen molar-refractivity contribution in [2.24, 2.45) is 0 Å². The highest BCUT2D eigenvalue weighted by atomic mass is 16.6. The number of aromatic amines is 2. The maximum Gasteiger partial charge on any atom is 0.357 e. The molecule has 0 radical (unpaired) electrons. The van der Waals surface area contributed by atoms with Crippen molar-refractivity contribution in [2.45, 2.75) is 6.92 Å². The third-order valence-corrected chi connectivity index (χ3v) is 3.21. The lowest BCUT2D eigenvalue weighted by Gasteiger charge is -2.13. The van der Waals surface area contributed by atoms with E-state index < -0.39 is 34.4 Å². The molecule has 3 N–H and O–H groups in total. The van der Waals surface area contributed by atoms with Crippen molar-refractivity contribution >= 4 is 23.8 Å². The van der Waals surface area contributed by atoms with Crippen LogP contribution in [0.5, 0.6) is 11.5 Å². The molecule has 1 aromatic heterocycles. The fraction of sp³-hybridized carbons (Fsp3) is 0.188. The zero-order chi connectivity index (χ0) is 20.0. The van der Waals surface area contributed by atoms with Crippen LogP contribution in [0.4, 0.5) is 5.69 Å². The Kier molecular flexibility index (Phi) is 6.10. The van der Waals surface area contributed by atoms with E-state index in [9.17, 15) is 24.5 Å². The lowest BCUT2D eigenvalue weighted by Crippen LogP contribution is -2.25. The van der Waals surface area contributed by atoms with E-state index in [1.807, 2.05) is 0 Å². The monoisotopic (exact) mass is 377 g/mol. The zero-order valence-corrected chi connectivity index (χ0v) is 14.1. The summed E-state index contributed by atoms with van der Waals surface area (Å²) in [5.74, 6) is -0.826. The molecule has 27 heavy (non-hydrogen) atoms. The largest absolute Gasteiger partial charge is 0.490 e. The van der Waals surface area contributed by atoms with Gasteiger partial charge in [-0.2, -0.15) is 0 Å². The molecule has 0 atom stereocenters. The number of carboxylic acids is 1. The van der Waals surface area contributed by atoms with E-state index in [-0.39, 0.29) is 17.2 Å². The Labute approximate surface area is 151 Å². The quantitative estimate of drug-likeness (QED) is 0.453. The molecule has 142 valence electrons. The van der Waals surface area contributed by atoms with Gasteiger partial charge in [0.1, 0.15) is 5.69 Å². The minimum atomic E-state index is -1.20. The van der Waals surface area contributed by atoms with Gasteiger partial charge < -0.3 is 19.6 Å². The second-order valence-corrected chi connectivity index (χ2v) is 5.05. The molecule has 0 spiro atoms. The van der Waals surface area contributed by atoms with Gasteiger partial charge in [-0.3, -0.25) is 19.9 Å². The minimum absolute atomic E-state index is 0.104. The molecule has 0 aliphatic carbocycles. The number of nitro groups is 1. The summed E-state index contributed by atoms with van der Waals surface area (Å²) in [5.41, 5.74) is -2.87. The summed E-state index contributed by atoms with van der Waals surface area (Å²) >= 11 is 0. The zero-order valence-electron chi connectivity index (χ0n) is 14.1. The van der Waals surface area contributed by atoms with Gasteiger partial charge in [0, 0.05) is 5.56 Å². The predicted molar refractivity (Wildman–Crippen MR) is 94.0 cm³/mol. The molecule has 0 bridgehead atoms. The fourth-order valence-electron chi connectivity index (χ4n) is 2.19. The second-order valence-electron chi connectivity index (χ2n) is 5.05. The first-order valence-corrected chi connectivity index (χ1v) is 7.63. The Morgan fingerprint density at radius 3 is 2.63 bits per heavy atom. The van der Waals surface area contributed by atoms with Gasteiger partial charge in [-0.1, -0.05) is 12.1 Å². The minimum Gasteiger partial charge on any atom is -0.490 e. The molecule has 11 nitrogen and oxygen atoms in total. The van der Waals surface area contributed by atoms with Crippen LogP contribution >= 0.6 is 0 Å². The summed E-state index contributed by atoms with van der Waals surface area (Å²) in [6.45, 7) is 1.39. The van der Waals surface area contributed by atoms with Crippen molar-refractivity contribution in [2.75, 3.05) is 13.2 Å². The van der Waals surface area contributed by atoms with Crippen LogP contribution in [0.3, 0.4) is 0 Å². The SMILES string of the molecule is CCOc1cccc(C=Cc2[nH]c(=O)[nH]c(=O)c2[N+](=O)[O-])c1OCC(=O)O. The van der Waals surface area contributed by atoms with Crippen LogP contribution in [-0.4, -0.2) is 39.2 Å². The smallest absolute Gasteiger partial charge is 0.357 e. The highest BCUT2D eigenvalue weighted by Crippen LogP contribution is 2.33. The number of nitrogens with zero attached hydrogens (tertiary/aromatic N) is 1. The molecule has 0 aliphatic heterocycles. The van der Waals surface area contributed by atoms with Gasteiger partial charge in [-0.25, -0.2) is 9.59 Å². The molecule has 2 rings (SSSR count). The molecule has 1 heterocycles. The Morgan fingerprint density at radius 1 is 1.26 bits per heavy atom. The molecule has 0 saturated carbocycles. The van der Waals surface area contributed by atoms with Gasteiger partial charge in [0.25, 0.3) is 0 Å². The number of H-pyrrole nitrogens is 2. The van der Waals surface area contributed by atoms with Gasteiger partial charge in [-0.05, 0) is 25.1 Å². The van der Waals surface area contributed by atoms with Gasteiger partial charge in [0.15, 0.2) is 18.1 Å². The van der Waals surface area contributed by atoms with Gasteiger partial charge in [0.05, 0.1) is 11.5 Å². The number of carbonyl (C=O) groups is 1. The summed E-state index contributed by atoms with van der Waals surface area (Å²) in [4.78, 5) is 47.9. The normalized spacial score (nSPS) is 10.7. The van der Waals surface area contributed by atoms with Gasteiger partial charge >= 0.3 is 22.9 Å². The molecule has 1 aromatic carbocycles. The number of hydrogen-bond acceptors (Lipinski definition) is 7. The topological polar surface area (TPSA) is 165 Å². The third-order valence-electron chi connectivity index (χ3n) is 3.21. The first kappa shape index (κ1) is 19.4. The number of benzene rings is 1. The van der Waals surface area contributed by atoms with Crippen molar-refractivity contribution in [1.29, 1.82) is 0 Å². The van der Waals surface area contributed by atoms with Crippen molar-refractivity contribution in [3.8, 4) is 11.5 Å². The first-order valence-electron chi connectivity index (χ1n) is 7.63. The second kappa shape index (κ2) is 8.47. The summed E-state index contributed by atoms with van der Waals surface area (Å²) in [6, 6.07) is 4.72. The fourth-order valence-corrected chi connectivity index (χ4v) is 2.19. The number of nitrogens with one attached hydrogen (secondary N) is 2. The lowest BCUT2D eigenvalue weighted by atomic mass is 10.1. The summed E-state index contributed by atoms with van der Waals surface area (Å²) < 4.78 is 10.6. The van der Waals surface area contributed by atoms with Crippen LogP contribution in [0, 0.1) is 10.1 Å².